The lowest BCUT2D eigenvalue weighted by molar-refractivity contribution is -0.384. The van der Waals surface area contributed by atoms with Crippen LogP contribution in [0.1, 0.15) is 0 Å². The highest BCUT2D eigenvalue weighted by molar-refractivity contribution is 9.10. The maximum absolute atomic E-state index is 12.4. The molecule has 0 saturated carbocycles. The molecular weight excluding hydrogens is 398 g/mol. The molecule has 0 fully saturated rings. The SMILES string of the molecule is O=[N+]([O-])c1ccc(S(=O)(=O)Oc2ccc(Br)c3ccccc23)cc1. The Morgan fingerprint density at radius 3 is 2.17 bits per heavy atom. The van der Waals surface area contributed by atoms with E-state index in [0.29, 0.717) is 5.39 Å². The molecule has 0 spiro atoms. The standard InChI is InChI=1S/C16H10BrNO5S/c17-15-9-10-16(14-4-2-1-3-13(14)15)23-24(21,22)12-7-5-11(6-8-12)18(19)20/h1-10H. The van der Waals surface area contributed by atoms with Crippen molar-refractivity contribution in [2.45, 2.75) is 4.90 Å². The largest absolute Gasteiger partial charge is 0.378 e. The summed E-state index contributed by atoms with van der Waals surface area (Å²) in [6, 6.07) is 15.0. The van der Waals surface area contributed by atoms with E-state index in [0.717, 1.165) is 34.1 Å². The van der Waals surface area contributed by atoms with Crippen LogP contribution in [0.5, 0.6) is 5.75 Å². The normalized spacial score (nSPS) is 11.4. The van der Waals surface area contributed by atoms with Crippen molar-refractivity contribution < 1.29 is 17.5 Å². The van der Waals surface area contributed by atoms with Crippen LogP contribution in [0.25, 0.3) is 10.8 Å². The van der Waals surface area contributed by atoms with Crippen LogP contribution in [0, 0.1) is 10.1 Å². The number of rotatable bonds is 4. The summed E-state index contributed by atoms with van der Waals surface area (Å²) in [5.41, 5.74) is -0.192. The van der Waals surface area contributed by atoms with Gasteiger partial charge in [0.25, 0.3) is 5.69 Å². The smallest absolute Gasteiger partial charge is 0.339 e. The van der Waals surface area contributed by atoms with Crippen LogP contribution in [0.15, 0.2) is 70.0 Å². The lowest BCUT2D eigenvalue weighted by atomic mass is 10.1. The summed E-state index contributed by atoms with van der Waals surface area (Å²) in [4.78, 5) is 9.90. The first kappa shape index (κ1) is 16.4. The van der Waals surface area contributed by atoms with Crippen LogP contribution in [-0.4, -0.2) is 13.3 Å². The number of non-ortho nitro benzene ring substituents is 1. The lowest BCUT2D eigenvalue weighted by Crippen LogP contribution is -2.10. The first-order chi connectivity index (χ1) is 11.4. The second-order valence-corrected chi connectivity index (χ2v) is 7.28. The van der Waals surface area contributed by atoms with E-state index >= 15 is 0 Å². The highest BCUT2D eigenvalue weighted by Gasteiger charge is 2.19. The fraction of sp³-hybridized carbons (Fsp3) is 0. The highest BCUT2D eigenvalue weighted by atomic mass is 79.9. The predicted molar refractivity (Wildman–Crippen MR) is 92.6 cm³/mol. The number of nitrogens with zero attached hydrogens (tertiary/aromatic N) is 1. The van der Waals surface area contributed by atoms with Gasteiger partial charge in [-0.15, -0.1) is 0 Å². The van der Waals surface area contributed by atoms with Gasteiger partial charge in [-0.1, -0.05) is 40.2 Å². The molecule has 6 nitrogen and oxygen atoms in total. The van der Waals surface area contributed by atoms with E-state index < -0.39 is 15.0 Å². The molecule has 0 aliphatic carbocycles. The van der Waals surface area contributed by atoms with Crippen molar-refractivity contribution in [2.75, 3.05) is 0 Å². The maximum atomic E-state index is 12.4. The fourth-order valence-corrected chi connectivity index (χ4v) is 3.63. The third-order valence-corrected chi connectivity index (χ3v) is 5.31. The maximum Gasteiger partial charge on any atom is 0.339 e. The van der Waals surface area contributed by atoms with Gasteiger partial charge in [0.05, 0.1) is 4.92 Å². The zero-order valence-corrected chi connectivity index (χ0v) is 14.5. The quantitative estimate of drug-likeness (QED) is 0.366. The molecule has 0 aliphatic rings. The third-order valence-electron chi connectivity index (χ3n) is 3.37. The third kappa shape index (κ3) is 3.10. The van der Waals surface area contributed by atoms with E-state index in [4.69, 9.17) is 4.18 Å². The van der Waals surface area contributed by atoms with Crippen molar-refractivity contribution in [1.29, 1.82) is 0 Å². The Morgan fingerprint density at radius 2 is 1.54 bits per heavy atom. The first-order valence-corrected chi connectivity index (χ1v) is 8.95. The Labute approximate surface area is 146 Å². The summed E-state index contributed by atoms with van der Waals surface area (Å²) in [6.45, 7) is 0. The van der Waals surface area contributed by atoms with Crippen molar-refractivity contribution in [3.8, 4) is 5.75 Å². The van der Waals surface area contributed by atoms with Gasteiger partial charge in [0, 0.05) is 22.0 Å². The summed E-state index contributed by atoms with van der Waals surface area (Å²) < 4.78 is 30.9. The van der Waals surface area contributed by atoms with Crippen LogP contribution in [0.3, 0.4) is 0 Å². The minimum absolute atomic E-state index is 0.153. The van der Waals surface area contributed by atoms with E-state index in [-0.39, 0.29) is 16.3 Å². The molecule has 0 unspecified atom stereocenters. The van der Waals surface area contributed by atoms with Crippen molar-refractivity contribution in [3.63, 3.8) is 0 Å². The Hall–Kier alpha value is -2.45. The molecule has 0 aliphatic heterocycles. The molecule has 3 aromatic carbocycles. The molecular formula is C16H10BrNO5S. The number of hydrogen-bond acceptors (Lipinski definition) is 5. The predicted octanol–water partition coefficient (Wildman–Crippen LogP) is 4.28. The van der Waals surface area contributed by atoms with Crippen LogP contribution in [0.4, 0.5) is 5.69 Å². The van der Waals surface area contributed by atoms with Gasteiger partial charge in [0.15, 0.2) is 5.75 Å². The van der Waals surface area contributed by atoms with Crippen LogP contribution < -0.4 is 4.18 Å². The van der Waals surface area contributed by atoms with E-state index in [1.54, 1.807) is 24.3 Å². The molecule has 0 amide bonds. The molecule has 0 N–H and O–H groups in total. The van der Waals surface area contributed by atoms with Crippen molar-refractivity contribution >= 4 is 42.5 Å². The molecule has 0 bridgehead atoms. The number of fused-ring (bicyclic) bond motifs is 1. The van der Waals surface area contributed by atoms with Crippen LogP contribution >= 0.6 is 15.9 Å². The Kier molecular flexibility index (Phi) is 4.25. The zero-order valence-electron chi connectivity index (χ0n) is 12.0. The number of hydrogen-bond donors (Lipinski definition) is 0. The minimum Gasteiger partial charge on any atom is -0.378 e. The second kappa shape index (κ2) is 6.21. The summed E-state index contributed by atoms with van der Waals surface area (Å²) in [6.07, 6.45) is 0. The molecule has 0 heterocycles. The average Bonchev–Trinajstić information content (AvgIpc) is 2.58. The van der Waals surface area contributed by atoms with Crippen molar-refractivity contribution in [2.24, 2.45) is 0 Å². The van der Waals surface area contributed by atoms with Crippen molar-refractivity contribution in [1.82, 2.24) is 0 Å². The Balaban J connectivity index is 2.01. The van der Waals surface area contributed by atoms with Gasteiger partial charge in [-0.05, 0) is 29.7 Å². The molecule has 122 valence electrons. The van der Waals surface area contributed by atoms with Gasteiger partial charge < -0.3 is 4.18 Å². The van der Waals surface area contributed by atoms with Gasteiger partial charge in [0.2, 0.25) is 0 Å². The Morgan fingerprint density at radius 1 is 0.917 bits per heavy atom. The van der Waals surface area contributed by atoms with E-state index in [9.17, 15) is 18.5 Å². The number of nitro groups is 1. The number of nitro benzene ring substituents is 1. The molecule has 8 heteroatoms. The fourth-order valence-electron chi connectivity index (χ4n) is 2.21. The zero-order chi connectivity index (χ0) is 17.3. The summed E-state index contributed by atoms with van der Waals surface area (Å²) in [5.74, 6) is 0.187. The van der Waals surface area contributed by atoms with E-state index in [2.05, 4.69) is 15.9 Å². The minimum atomic E-state index is -4.10. The van der Waals surface area contributed by atoms with Gasteiger partial charge in [0.1, 0.15) is 4.90 Å². The number of benzene rings is 3. The van der Waals surface area contributed by atoms with Gasteiger partial charge in [-0.3, -0.25) is 10.1 Å². The highest BCUT2D eigenvalue weighted by Crippen LogP contribution is 2.33. The number of halogens is 1. The van der Waals surface area contributed by atoms with Crippen LogP contribution in [-0.2, 0) is 10.1 Å². The molecule has 24 heavy (non-hydrogen) atoms. The molecule has 3 rings (SSSR count). The molecule has 0 saturated heterocycles. The molecule has 0 atom stereocenters. The lowest BCUT2D eigenvalue weighted by Gasteiger charge is -2.10. The van der Waals surface area contributed by atoms with Crippen molar-refractivity contribution in [3.05, 3.63) is 75.3 Å². The van der Waals surface area contributed by atoms with Crippen LogP contribution in [0.2, 0.25) is 0 Å². The van der Waals surface area contributed by atoms with E-state index in [1.807, 2.05) is 12.1 Å². The second-order valence-electron chi connectivity index (χ2n) is 4.88. The van der Waals surface area contributed by atoms with E-state index in [1.165, 1.54) is 0 Å². The summed E-state index contributed by atoms with van der Waals surface area (Å²) in [7, 11) is -4.10. The summed E-state index contributed by atoms with van der Waals surface area (Å²) in [5, 5.41) is 12.1. The van der Waals surface area contributed by atoms with Gasteiger partial charge >= 0.3 is 10.1 Å². The molecule has 0 radical (unpaired) electrons. The molecule has 0 aromatic heterocycles. The monoisotopic (exact) mass is 407 g/mol. The van der Waals surface area contributed by atoms with Gasteiger partial charge in [-0.25, -0.2) is 0 Å². The average molecular weight is 408 g/mol. The first-order valence-electron chi connectivity index (χ1n) is 6.75. The summed E-state index contributed by atoms with van der Waals surface area (Å²) >= 11 is 3.41. The Bertz CT molecular complexity index is 1030. The topological polar surface area (TPSA) is 86.5 Å². The van der Waals surface area contributed by atoms with Gasteiger partial charge in [-0.2, -0.15) is 8.42 Å². The molecule has 3 aromatic rings.